The number of carbonyl (C=O) groups excluding carboxylic acids is 2. The molecule has 0 aromatic carbocycles. The van der Waals surface area contributed by atoms with Gasteiger partial charge in [0.15, 0.2) is 0 Å². The zero-order chi connectivity index (χ0) is 12.3. The van der Waals surface area contributed by atoms with Gasteiger partial charge in [-0.25, -0.2) is 0 Å². The summed E-state index contributed by atoms with van der Waals surface area (Å²) in [5, 5.41) is 3.13. The topological polar surface area (TPSA) is 52.7 Å². The Morgan fingerprint density at radius 3 is 2.71 bits per heavy atom. The van der Waals surface area contributed by atoms with Crippen LogP contribution in [0.15, 0.2) is 0 Å². The molecule has 0 bridgehead atoms. The van der Waals surface area contributed by atoms with Crippen molar-refractivity contribution in [1.29, 1.82) is 0 Å². The van der Waals surface area contributed by atoms with Gasteiger partial charge in [0.2, 0.25) is 11.8 Å². The average molecular weight is 239 g/mol. The highest BCUT2D eigenvalue weighted by molar-refractivity contribution is 5.88. The van der Waals surface area contributed by atoms with Gasteiger partial charge in [-0.15, -0.1) is 0 Å². The van der Waals surface area contributed by atoms with E-state index in [4.69, 9.17) is 0 Å². The van der Waals surface area contributed by atoms with Crippen molar-refractivity contribution in [3.8, 4) is 0 Å². The Morgan fingerprint density at radius 2 is 2.00 bits per heavy atom. The molecule has 2 fully saturated rings. The minimum atomic E-state index is -0.317. The summed E-state index contributed by atoms with van der Waals surface area (Å²) in [4.78, 5) is 27.5. The lowest BCUT2D eigenvalue weighted by Crippen LogP contribution is -2.55. The van der Waals surface area contributed by atoms with Crippen molar-refractivity contribution >= 4 is 11.8 Å². The Kier molecular flexibility index (Phi) is 3.99. The van der Waals surface area contributed by atoms with E-state index >= 15 is 0 Å². The van der Waals surface area contributed by atoms with Crippen LogP contribution >= 0.6 is 0 Å². The van der Waals surface area contributed by atoms with E-state index in [9.17, 15) is 9.59 Å². The van der Waals surface area contributed by atoms with Crippen LogP contribution in [0.1, 0.15) is 25.7 Å². The number of piperazine rings is 1. The van der Waals surface area contributed by atoms with E-state index in [2.05, 4.69) is 5.32 Å². The van der Waals surface area contributed by atoms with Crippen LogP contribution in [-0.2, 0) is 9.59 Å². The van der Waals surface area contributed by atoms with Crippen molar-refractivity contribution in [2.75, 3.05) is 33.2 Å². The summed E-state index contributed by atoms with van der Waals surface area (Å²) in [5.41, 5.74) is 0. The summed E-state index contributed by atoms with van der Waals surface area (Å²) in [6.07, 6.45) is 3.71. The fourth-order valence-corrected chi connectivity index (χ4v) is 2.48. The summed E-state index contributed by atoms with van der Waals surface area (Å²) < 4.78 is 0. The number of rotatable bonds is 2. The van der Waals surface area contributed by atoms with E-state index < -0.39 is 0 Å². The average Bonchev–Trinajstić information content (AvgIpc) is 2.36. The van der Waals surface area contributed by atoms with Gasteiger partial charge in [0.05, 0.1) is 12.5 Å². The van der Waals surface area contributed by atoms with Crippen LogP contribution in [-0.4, -0.2) is 60.9 Å². The van der Waals surface area contributed by atoms with Crippen LogP contribution < -0.4 is 5.32 Å². The smallest absolute Gasteiger partial charge is 0.240 e. The molecule has 0 aromatic heterocycles. The lowest BCUT2D eigenvalue weighted by molar-refractivity contribution is -0.140. The van der Waals surface area contributed by atoms with Crippen LogP contribution in [0.2, 0.25) is 0 Å². The van der Waals surface area contributed by atoms with Gasteiger partial charge >= 0.3 is 0 Å². The fraction of sp³-hybridized carbons (Fsp3) is 0.833. The molecule has 2 aliphatic heterocycles. The Labute approximate surface area is 102 Å². The molecule has 2 heterocycles. The highest BCUT2D eigenvalue weighted by atomic mass is 16.2. The van der Waals surface area contributed by atoms with E-state index in [1.54, 1.807) is 11.9 Å². The van der Waals surface area contributed by atoms with Crippen LogP contribution in [0.5, 0.6) is 0 Å². The lowest BCUT2D eigenvalue weighted by Gasteiger charge is -2.32. The second kappa shape index (κ2) is 5.49. The van der Waals surface area contributed by atoms with E-state index in [1.807, 2.05) is 4.90 Å². The van der Waals surface area contributed by atoms with Crippen molar-refractivity contribution in [3.63, 3.8) is 0 Å². The molecule has 1 N–H and O–H groups in total. The first-order chi connectivity index (χ1) is 8.18. The normalized spacial score (nSPS) is 26.2. The standard InChI is InChI=1S/C12H21N3O2/c1-14-8-5-13-10(12(14)17)9-11(16)15-6-3-2-4-7-15/h10,13H,2-9H2,1H3. The summed E-state index contributed by atoms with van der Waals surface area (Å²) in [5.74, 6) is 0.160. The number of hydrogen-bond acceptors (Lipinski definition) is 3. The van der Waals surface area contributed by atoms with Gasteiger partial charge in [0, 0.05) is 33.2 Å². The second-order valence-corrected chi connectivity index (χ2v) is 4.91. The van der Waals surface area contributed by atoms with Crippen molar-refractivity contribution < 1.29 is 9.59 Å². The number of likely N-dealkylation sites (N-methyl/N-ethyl adjacent to an activating group) is 1. The molecule has 96 valence electrons. The van der Waals surface area contributed by atoms with Gasteiger partial charge in [-0.05, 0) is 19.3 Å². The van der Waals surface area contributed by atoms with Gasteiger partial charge in [-0.3, -0.25) is 9.59 Å². The molecule has 1 atom stereocenters. The van der Waals surface area contributed by atoms with Crippen molar-refractivity contribution in [2.24, 2.45) is 0 Å². The molecule has 0 saturated carbocycles. The number of nitrogens with zero attached hydrogens (tertiary/aromatic N) is 2. The Bertz CT molecular complexity index is 300. The third-order valence-electron chi connectivity index (χ3n) is 3.60. The number of amides is 2. The molecule has 17 heavy (non-hydrogen) atoms. The maximum atomic E-state index is 12.0. The maximum absolute atomic E-state index is 12.0. The highest BCUT2D eigenvalue weighted by Gasteiger charge is 2.29. The number of hydrogen-bond donors (Lipinski definition) is 1. The molecule has 5 nitrogen and oxygen atoms in total. The highest BCUT2D eigenvalue weighted by Crippen LogP contribution is 2.12. The quantitative estimate of drug-likeness (QED) is 0.727. The molecule has 0 radical (unpaired) electrons. The molecule has 2 rings (SSSR count). The molecular weight excluding hydrogens is 218 g/mol. The fourth-order valence-electron chi connectivity index (χ4n) is 2.48. The molecule has 1 unspecified atom stereocenters. The number of nitrogens with one attached hydrogen (secondary N) is 1. The first kappa shape index (κ1) is 12.4. The SMILES string of the molecule is CN1CCNC(CC(=O)N2CCCCC2)C1=O. The van der Waals surface area contributed by atoms with Gasteiger partial charge < -0.3 is 15.1 Å². The molecular formula is C12H21N3O2. The molecule has 2 aliphatic rings. The zero-order valence-corrected chi connectivity index (χ0v) is 10.4. The largest absolute Gasteiger partial charge is 0.343 e. The van der Waals surface area contributed by atoms with Crippen molar-refractivity contribution in [3.05, 3.63) is 0 Å². The van der Waals surface area contributed by atoms with Gasteiger partial charge in [0.1, 0.15) is 0 Å². The number of carbonyl (C=O) groups is 2. The van der Waals surface area contributed by atoms with Gasteiger partial charge in [-0.2, -0.15) is 0 Å². The first-order valence-corrected chi connectivity index (χ1v) is 6.44. The van der Waals surface area contributed by atoms with Gasteiger partial charge in [-0.1, -0.05) is 0 Å². The van der Waals surface area contributed by atoms with Crippen molar-refractivity contribution in [2.45, 2.75) is 31.7 Å². The van der Waals surface area contributed by atoms with E-state index in [1.165, 1.54) is 6.42 Å². The summed E-state index contributed by atoms with van der Waals surface area (Å²) in [6, 6.07) is -0.317. The Balaban J connectivity index is 1.86. The molecule has 0 aliphatic carbocycles. The van der Waals surface area contributed by atoms with Crippen LogP contribution in [0.25, 0.3) is 0 Å². The number of likely N-dealkylation sites (tertiary alicyclic amines) is 1. The van der Waals surface area contributed by atoms with E-state index in [0.717, 1.165) is 39.0 Å². The Morgan fingerprint density at radius 1 is 1.29 bits per heavy atom. The second-order valence-electron chi connectivity index (χ2n) is 4.91. The maximum Gasteiger partial charge on any atom is 0.240 e. The van der Waals surface area contributed by atoms with Gasteiger partial charge in [0.25, 0.3) is 0 Å². The predicted octanol–water partition coefficient (Wildman–Crippen LogP) is -0.181. The first-order valence-electron chi connectivity index (χ1n) is 6.44. The molecule has 2 saturated heterocycles. The summed E-state index contributed by atoms with van der Waals surface area (Å²) in [6.45, 7) is 3.22. The third kappa shape index (κ3) is 2.97. The zero-order valence-electron chi connectivity index (χ0n) is 10.4. The predicted molar refractivity (Wildman–Crippen MR) is 64.5 cm³/mol. The van der Waals surface area contributed by atoms with Crippen LogP contribution in [0, 0.1) is 0 Å². The van der Waals surface area contributed by atoms with Crippen LogP contribution in [0.4, 0.5) is 0 Å². The minimum absolute atomic E-state index is 0.0432. The van der Waals surface area contributed by atoms with Crippen LogP contribution in [0.3, 0.4) is 0 Å². The molecule has 0 aromatic rings. The molecule has 5 heteroatoms. The molecule has 2 amide bonds. The minimum Gasteiger partial charge on any atom is -0.343 e. The number of piperidine rings is 1. The monoisotopic (exact) mass is 239 g/mol. The van der Waals surface area contributed by atoms with Crippen molar-refractivity contribution in [1.82, 2.24) is 15.1 Å². The van der Waals surface area contributed by atoms with E-state index in [0.29, 0.717) is 6.42 Å². The summed E-state index contributed by atoms with van der Waals surface area (Å²) >= 11 is 0. The third-order valence-corrected chi connectivity index (χ3v) is 3.60. The lowest BCUT2D eigenvalue weighted by atomic mass is 10.1. The Hall–Kier alpha value is -1.10. The molecule has 0 spiro atoms. The van der Waals surface area contributed by atoms with E-state index in [-0.39, 0.29) is 17.9 Å². The summed E-state index contributed by atoms with van der Waals surface area (Å²) in [7, 11) is 1.79.